The molecule has 5 nitrogen and oxygen atoms in total. The Morgan fingerprint density at radius 1 is 1.27 bits per heavy atom. The predicted molar refractivity (Wildman–Crippen MR) is 90.7 cm³/mol. The molecule has 2 aromatic carbocycles. The number of amides is 1. The molecule has 0 spiro atoms. The van der Waals surface area contributed by atoms with Gasteiger partial charge in [0.15, 0.2) is 0 Å². The van der Waals surface area contributed by atoms with Crippen LogP contribution in [-0.2, 0) is 4.74 Å². The minimum absolute atomic E-state index is 0.0484. The monoisotopic (exact) mass is 315 g/mol. The molecule has 1 saturated carbocycles. The second kappa shape index (κ2) is 5.90. The molecular weight excluding hydrogens is 298 g/mol. The summed E-state index contributed by atoms with van der Waals surface area (Å²) in [5, 5.41) is 2.36. The molecule has 1 aliphatic carbocycles. The van der Waals surface area contributed by atoms with Crippen molar-refractivity contribution in [1.82, 2.24) is 5.43 Å². The Balaban J connectivity index is 1.98. The summed E-state index contributed by atoms with van der Waals surface area (Å²) >= 11 is 5.15. The summed E-state index contributed by atoms with van der Waals surface area (Å²) < 4.78 is 4.94. The molecule has 3 rings (SSSR count). The Morgan fingerprint density at radius 2 is 1.95 bits per heavy atom. The molecule has 1 fully saturated rings. The molecule has 114 valence electrons. The van der Waals surface area contributed by atoms with Crippen LogP contribution in [0.1, 0.15) is 24.3 Å². The first-order valence-corrected chi connectivity index (χ1v) is 7.50. The van der Waals surface area contributed by atoms with Crippen molar-refractivity contribution < 1.29 is 9.53 Å². The van der Waals surface area contributed by atoms with Gasteiger partial charge in [0.1, 0.15) is 0 Å². The minimum atomic E-state index is -0.782. The fourth-order valence-electron chi connectivity index (χ4n) is 2.62. The summed E-state index contributed by atoms with van der Waals surface area (Å²) in [6.45, 7) is 0. The van der Waals surface area contributed by atoms with E-state index >= 15 is 0 Å². The molecule has 0 radical (unpaired) electrons. The van der Waals surface area contributed by atoms with Crippen molar-refractivity contribution in [1.29, 1.82) is 0 Å². The van der Waals surface area contributed by atoms with Crippen molar-refractivity contribution >= 4 is 39.9 Å². The van der Waals surface area contributed by atoms with E-state index in [0.29, 0.717) is 5.92 Å². The number of nitrogens with zero attached hydrogens (tertiary/aromatic N) is 1. The fraction of sp³-hybridized carbons (Fsp3) is 0.250. The highest BCUT2D eigenvalue weighted by Crippen LogP contribution is 2.44. The Kier molecular flexibility index (Phi) is 3.96. The van der Waals surface area contributed by atoms with Gasteiger partial charge in [-0.15, -0.1) is 0 Å². The minimum Gasteiger partial charge on any atom is -0.381 e. The summed E-state index contributed by atoms with van der Waals surface area (Å²) in [6, 6.07) is 12.4. The van der Waals surface area contributed by atoms with Gasteiger partial charge in [-0.05, 0) is 48.0 Å². The molecule has 1 amide bonds. The molecule has 0 saturated heterocycles. The Labute approximate surface area is 134 Å². The molecule has 0 heterocycles. The third-order valence-electron chi connectivity index (χ3n) is 3.89. The number of rotatable bonds is 2. The standard InChI is InChI=1S/C16H17N3O2S/c1-19(16(22)21-15(20)18-17)14-9-8-11(10-6-7-10)12-4-2-3-5-13(12)14/h2-5,8-10H,6-7,17H2,1H3,(H,18,20). The van der Waals surface area contributed by atoms with Crippen LogP contribution in [-0.4, -0.2) is 18.3 Å². The average molecular weight is 315 g/mol. The van der Waals surface area contributed by atoms with Crippen molar-refractivity contribution in [2.24, 2.45) is 5.84 Å². The summed E-state index contributed by atoms with van der Waals surface area (Å²) in [6.07, 6.45) is 1.71. The van der Waals surface area contributed by atoms with Gasteiger partial charge in [-0.25, -0.2) is 10.6 Å². The highest BCUT2D eigenvalue weighted by Gasteiger charge is 2.26. The van der Waals surface area contributed by atoms with Crippen LogP contribution in [0.25, 0.3) is 10.8 Å². The summed E-state index contributed by atoms with van der Waals surface area (Å²) in [7, 11) is 1.77. The Bertz CT molecular complexity index is 743. The number of nitrogens with two attached hydrogens (primary N) is 1. The van der Waals surface area contributed by atoms with Gasteiger partial charge >= 0.3 is 6.09 Å². The van der Waals surface area contributed by atoms with Crippen molar-refractivity contribution in [3.05, 3.63) is 42.0 Å². The number of thiocarbonyl (C=S) groups is 1. The van der Waals surface area contributed by atoms with E-state index in [1.807, 2.05) is 23.6 Å². The van der Waals surface area contributed by atoms with E-state index in [2.05, 4.69) is 18.2 Å². The summed E-state index contributed by atoms with van der Waals surface area (Å²) in [4.78, 5) is 12.9. The lowest BCUT2D eigenvalue weighted by Gasteiger charge is -2.21. The molecule has 0 bridgehead atoms. The number of hydrogen-bond acceptors (Lipinski definition) is 4. The zero-order valence-electron chi connectivity index (χ0n) is 12.2. The molecule has 1 aliphatic rings. The molecular formula is C16H17N3O2S. The molecule has 0 aromatic heterocycles. The lowest BCUT2D eigenvalue weighted by Crippen LogP contribution is -2.37. The molecule has 0 aliphatic heterocycles. The molecule has 0 unspecified atom stereocenters. The van der Waals surface area contributed by atoms with E-state index in [1.165, 1.54) is 23.8 Å². The van der Waals surface area contributed by atoms with E-state index in [-0.39, 0.29) is 5.17 Å². The number of carbonyl (C=O) groups excluding carboxylic acids is 1. The number of nitrogens with one attached hydrogen (secondary N) is 1. The quantitative estimate of drug-likeness (QED) is 0.386. The smallest absolute Gasteiger partial charge is 0.381 e. The van der Waals surface area contributed by atoms with Crippen molar-refractivity contribution in [3.8, 4) is 0 Å². The second-order valence-electron chi connectivity index (χ2n) is 5.35. The zero-order valence-corrected chi connectivity index (χ0v) is 13.0. The lowest BCUT2D eigenvalue weighted by molar-refractivity contribution is 0.198. The average Bonchev–Trinajstić information content (AvgIpc) is 3.37. The van der Waals surface area contributed by atoms with Crippen LogP contribution in [0.5, 0.6) is 0 Å². The van der Waals surface area contributed by atoms with Crippen molar-refractivity contribution in [2.75, 3.05) is 11.9 Å². The van der Waals surface area contributed by atoms with Gasteiger partial charge < -0.3 is 9.64 Å². The van der Waals surface area contributed by atoms with Crippen LogP contribution in [0.2, 0.25) is 0 Å². The first-order valence-electron chi connectivity index (χ1n) is 7.09. The summed E-state index contributed by atoms with van der Waals surface area (Å²) in [5.74, 6) is 5.67. The van der Waals surface area contributed by atoms with Gasteiger partial charge in [0.2, 0.25) is 0 Å². The summed E-state index contributed by atoms with van der Waals surface area (Å²) in [5.41, 5.74) is 4.17. The number of benzene rings is 2. The number of hydrogen-bond donors (Lipinski definition) is 2. The van der Waals surface area contributed by atoms with Crippen molar-refractivity contribution in [3.63, 3.8) is 0 Å². The zero-order chi connectivity index (χ0) is 15.7. The molecule has 2 aromatic rings. The van der Waals surface area contributed by atoms with Gasteiger partial charge in [-0.2, -0.15) is 0 Å². The maximum Gasteiger partial charge on any atom is 0.428 e. The number of anilines is 1. The third-order valence-corrected chi connectivity index (χ3v) is 4.24. The molecule has 0 atom stereocenters. The lowest BCUT2D eigenvalue weighted by atomic mass is 9.99. The SMILES string of the molecule is CN(C(=S)OC(=O)NN)c1ccc(C2CC2)c2ccccc12. The van der Waals surface area contributed by atoms with Crippen LogP contribution in [0.15, 0.2) is 36.4 Å². The van der Waals surface area contributed by atoms with Crippen LogP contribution in [0, 0.1) is 0 Å². The van der Waals surface area contributed by atoms with E-state index in [1.54, 1.807) is 11.9 Å². The largest absolute Gasteiger partial charge is 0.428 e. The number of fused-ring (bicyclic) bond motifs is 1. The normalized spacial score (nSPS) is 13.7. The highest BCUT2D eigenvalue weighted by atomic mass is 32.1. The molecule has 22 heavy (non-hydrogen) atoms. The van der Waals surface area contributed by atoms with Gasteiger partial charge in [-0.1, -0.05) is 30.3 Å². The maximum absolute atomic E-state index is 11.2. The fourth-order valence-corrected chi connectivity index (χ4v) is 2.80. The Hall–Kier alpha value is -2.18. The molecule has 6 heteroatoms. The third kappa shape index (κ3) is 2.75. The van der Waals surface area contributed by atoms with Gasteiger partial charge in [0.05, 0.1) is 5.69 Å². The van der Waals surface area contributed by atoms with Gasteiger partial charge in [-0.3, -0.25) is 5.43 Å². The van der Waals surface area contributed by atoms with E-state index in [4.69, 9.17) is 22.8 Å². The topological polar surface area (TPSA) is 67.6 Å². The van der Waals surface area contributed by atoms with E-state index in [0.717, 1.165) is 11.1 Å². The van der Waals surface area contributed by atoms with Crippen LogP contribution < -0.4 is 16.2 Å². The van der Waals surface area contributed by atoms with E-state index in [9.17, 15) is 4.79 Å². The van der Waals surface area contributed by atoms with Crippen molar-refractivity contribution in [2.45, 2.75) is 18.8 Å². The van der Waals surface area contributed by atoms with Gasteiger partial charge in [0.25, 0.3) is 5.17 Å². The second-order valence-corrected chi connectivity index (χ2v) is 5.70. The predicted octanol–water partition coefficient (Wildman–Crippen LogP) is 3.04. The van der Waals surface area contributed by atoms with Gasteiger partial charge in [0, 0.05) is 12.4 Å². The van der Waals surface area contributed by atoms with Crippen LogP contribution >= 0.6 is 12.2 Å². The number of ether oxygens (including phenoxy) is 1. The van der Waals surface area contributed by atoms with Crippen LogP contribution in [0.3, 0.4) is 0 Å². The molecule has 3 N–H and O–H groups in total. The van der Waals surface area contributed by atoms with E-state index < -0.39 is 6.09 Å². The Morgan fingerprint density at radius 3 is 2.59 bits per heavy atom. The number of hydrazine groups is 1. The maximum atomic E-state index is 11.2. The highest BCUT2D eigenvalue weighted by molar-refractivity contribution is 7.80. The first-order chi connectivity index (χ1) is 10.6. The van der Waals surface area contributed by atoms with Crippen LogP contribution in [0.4, 0.5) is 10.5 Å². The first kappa shape index (κ1) is 14.7. The number of carbonyl (C=O) groups is 1.